The van der Waals surface area contributed by atoms with Crippen LogP contribution >= 0.6 is 0 Å². The Labute approximate surface area is 104 Å². The fourth-order valence-electron chi connectivity index (χ4n) is 1.53. The molecule has 96 valence electrons. The maximum absolute atomic E-state index is 5.55. The van der Waals surface area contributed by atoms with E-state index in [1.807, 2.05) is 10.8 Å². The molecule has 6 N–H and O–H groups in total. The molecule has 0 aliphatic rings. The summed E-state index contributed by atoms with van der Waals surface area (Å²) in [6.45, 7) is 1.67. The maximum atomic E-state index is 5.55. The number of nitrogens with zero attached hydrogens (tertiary/aromatic N) is 4. The molecule has 0 aliphatic carbocycles. The third-order valence-corrected chi connectivity index (χ3v) is 2.35. The standard InChI is InChI=1S/C10H16N8/c11-10-15-8(6-9(16-10)17-12)14-2-1-4-18-5-3-13-7-18/h3,5-7H,1-2,4,12H2,(H4,11,14,15,16,17). The molecule has 8 heteroatoms. The lowest BCUT2D eigenvalue weighted by Crippen LogP contribution is -2.13. The van der Waals surface area contributed by atoms with Crippen molar-refractivity contribution in [2.45, 2.75) is 13.0 Å². The molecule has 0 bridgehead atoms. The number of rotatable bonds is 6. The number of hydrazine groups is 1. The Morgan fingerprint density at radius 2 is 2.11 bits per heavy atom. The lowest BCUT2D eigenvalue weighted by Gasteiger charge is -2.08. The van der Waals surface area contributed by atoms with Crippen LogP contribution in [0.25, 0.3) is 0 Å². The van der Waals surface area contributed by atoms with Gasteiger partial charge in [-0.05, 0) is 6.42 Å². The number of imidazole rings is 1. The van der Waals surface area contributed by atoms with Crippen molar-refractivity contribution in [1.82, 2.24) is 19.5 Å². The highest BCUT2D eigenvalue weighted by Gasteiger charge is 2.00. The van der Waals surface area contributed by atoms with E-state index < -0.39 is 0 Å². The summed E-state index contributed by atoms with van der Waals surface area (Å²) in [6, 6.07) is 1.70. The van der Waals surface area contributed by atoms with E-state index in [9.17, 15) is 0 Å². The molecule has 0 fully saturated rings. The van der Waals surface area contributed by atoms with Crippen LogP contribution in [0.5, 0.6) is 0 Å². The Hall–Kier alpha value is -2.35. The van der Waals surface area contributed by atoms with Gasteiger partial charge in [0.05, 0.1) is 6.33 Å². The molecule has 0 saturated carbocycles. The van der Waals surface area contributed by atoms with E-state index in [2.05, 4.69) is 25.7 Å². The molecule has 2 rings (SSSR count). The second-order valence-corrected chi connectivity index (χ2v) is 3.72. The van der Waals surface area contributed by atoms with Gasteiger partial charge in [0.2, 0.25) is 5.95 Å². The van der Waals surface area contributed by atoms with Crippen LogP contribution in [-0.4, -0.2) is 26.1 Å². The zero-order valence-electron chi connectivity index (χ0n) is 9.87. The van der Waals surface area contributed by atoms with Gasteiger partial charge in [0.1, 0.15) is 11.6 Å². The van der Waals surface area contributed by atoms with Crippen molar-refractivity contribution < 1.29 is 0 Å². The molecule has 8 nitrogen and oxygen atoms in total. The molecule has 0 radical (unpaired) electrons. The molecule has 18 heavy (non-hydrogen) atoms. The van der Waals surface area contributed by atoms with Crippen molar-refractivity contribution in [2.75, 3.05) is 23.0 Å². The fraction of sp³-hybridized carbons (Fsp3) is 0.300. The normalized spacial score (nSPS) is 10.3. The van der Waals surface area contributed by atoms with Crippen LogP contribution in [0.4, 0.5) is 17.6 Å². The SMILES string of the molecule is NNc1cc(NCCCn2ccnc2)nc(N)n1. The number of aryl methyl sites for hydroxylation is 1. The van der Waals surface area contributed by atoms with E-state index in [0.717, 1.165) is 19.5 Å². The second kappa shape index (κ2) is 5.82. The summed E-state index contributed by atoms with van der Waals surface area (Å²) in [5, 5.41) is 3.16. The first kappa shape index (κ1) is 12.1. The van der Waals surface area contributed by atoms with Crippen molar-refractivity contribution in [3.05, 3.63) is 24.8 Å². The van der Waals surface area contributed by atoms with E-state index in [1.165, 1.54) is 0 Å². The van der Waals surface area contributed by atoms with Crippen LogP contribution in [-0.2, 0) is 6.54 Å². The van der Waals surface area contributed by atoms with Gasteiger partial charge in [-0.1, -0.05) is 0 Å². The molecule has 0 unspecified atom stereocenters. The summed E-state index contributed by atoms with van der Waals surface area (Å²) in [5.41, 5.74) is 7.98. The Morgan fingerprint density at radius 3 is 2.83 bits per heavy atom. The van der Waals surface area contributed by atoms with Crippen molar-refractivity contribution in [1.29, 1.82) is 0 Å². The van der Waals surface area contributed by atoms with Gasteiger partial charge in [0, 0.05) is 31.5 Å². The summed E-state index contributed by atoms with van der Waals surface area (Å²) >= 11 is 0. The highest BCUT2D eigenvalue weighted by Crippen LogP contribution is 2.11. The van der Waals surface area contributed by atoms with Gasteiger partial charge in [-0.3, -0.25) is 0 Å². The summed E-state index contributed by atoms with van der Waals surface area (Å²) in [6.07, 6.45) is 6.43. The van der Waals surface area contributed by atoms with Gasteiger partial charge in [-0.25, -0.2) is 10.8 Å². The summed E-state index contributed by atoms with van der Waals surface area (Å²) in [4.78, 5) is 11.9. The number of hydrogen-bond acceptors (Lipinski definition) is 7. The first-order valence-corrected chi connectivity index (χ1v) is 5.59. The third-order valence-electron chi connectivity index (χ3n) is 2.35. The molecule has 2 aromatic rings. The minimum absolute atomic E-state index is 0.183. The summed E-state index contributed by atoms with van der Waals surface area (Å²) < 4.78 is 2.02. The lowest BCUT2D eigenvalue weighted by molar-refractivity contribution is 0.660. The molecule has 0 spiro atoms. The Kier molecular flexibility index (Phi) is 3.92. The van der Waals surface area contributed by atoms with Crippen LogP contribution in [0.1, 0.15) is 6.42 Å². The topological polar surface area (TPSA) is 120 Å². The number of hydrogen-bond donors (Lipinski definition) is 4. The van der Waals surface area contributed by atoms with Gasteiger partial charge >= 0.3 is 0 Å². The van der Waals surface area contributed by atoms with Crippen LogP contribution in [0, 0.1) is 0 Å². The predicted molar refractivity (Wildman–Crippen MR) is 69.6 cm³/mol. The van der Waals surface area contributed by atoms with Crippen LogP contribution in [0.3, 0.4) is 0 Å². The van der Waals surface area contributed by atoms with Crippen molar-refractivity contribution in [3.8, 4) is 0 Å². The molecule has 0 saturated heterocycles. The molecule has 0 amide bonds. The minimum Gasteiger partial charge on any atom is -0.370 e. The smallest absolute Gasteiger partial charge is 0.223 e. The Morgan fingerprint density at radius 1 is 1.28 bits per heavy atom. The minimum atomic E-state index is 0.183. The van der Waals surface area contributed by atoms with E-state index in [0.29, 0.717) is 11.6 Å². The Balaban J connectivity index is 1.81. The average molecular weight is 248 g/mol. The largest absolute Gasteiger partial charge is 0.370 e. The van der Waals surface area contributed by atoms with E-state index >= 15 is 0 Å². The Bertz CT molecular complexity index is 481. The first-order chi connectivity index (χ1) is 8.78. The van der Waals surface area contributed by atoms with Crippen LogP contribution in [0.2, 0.25) is 0 Å². The number of nitrogen functional groups attached to an aromatic ring is 2. The molecular weight excluding hydrogens is 232 g/mol. The average Bonchev–Trinajstić information content (AvgIpc) is 2.87. The molecule has 2 heterocycles. The van der Waals surface area contributed by atoms with Crippen LogP contribution < -0.4 is 22.3 Å². The highest BCUT2D eigenvalue weighted by molar-refractivity contribution is 5.50. The first-order valence-electron chi connectivity index (χ1n) is 5.59. The summed E-state index contributed by atoms with van der Waals surface area (Å²) in [7, 11) is 0. The summed E-state index contributed by atoms with van der Waals surface area (Å²) in [5.74, 6) is 6.60. The lowest BCUT2D eigenvalue weighted by atomic mass is 10.4. The van der Waals surface area contributed by atoms with Gasteiger partial charge < -0.3 is 21.0 Å². The molecule has 2 aromatic heterocycles. The molecular formula is C10H16N8. The number of nitrogens with two attached hydrogens (primary N) is 2. The number of nitrogens with one attached hydrogen (secondary N) is 2. The van der Waals surface area contributed by atoms with Gasteiger partial charge in [0.15, 0.2) is 0 Å². The van der Waals surface area contributed by atoms with Gasteiger partial charge in [-0.2, -0.15) is 9.97 Å². The third kappa shape index (κ3) is 3.32. The van der Waals surface area contributed by atoms with Crippen molar-refractivity contribution in [3.63, 3.8) is 0 Å². The van der Waals surface area contributed by atoms with E-state index in [-0.39, 0.29) is 5.95 Å². The van der Waals surface area contributed by atoms with Gasteiger partial charge in [-0.15, -0.1) is 0 Å². The zero-order chi connectivity index (χ0) is 12.8. The maximum Gasteiger partial charge on any atom is 0.223 e. The van der Waals surface area contributed by atoms with Crippen LogP contribution in [0.15, 0.2) is 24.8 Å². The highest BCUT2D eigenvalue weighted by atomic mass is 15.3. The van der Waals surface area contributed by atoms with E-state index in [1.54, 1.807) is 18.6 Å². The monoisotopic (exact) mass is 248 g/mol. The van der Waals surface area contributed by atoms with E-state index in [4.69, 9.17) is 11.6 Å². The zero-order valence-corrected chi connectivity index (χ0v) is 9.87. The number of anilines is 3. The molecule has 0 aliphatic heterocycles. The molecule has 0 atom stereocenters. The fourth-order valence-corrected chi connectivity index (χ4v) is 1.53. The second-order valence-electron chi connectivity index (χ2n) is 3.72. The van der Waals surface area contributed by atoms with Crippen molar-refractivity contribution >= 4 is 17.6 Å². The predicted octanol–water partition coefficient (Wildman–Crippen LogP) is 0.0431. The van der Waals surface area contributed by atoms with Crippen molar-refractivity contribution in [2.24, 2.45) is 5.84 Å². The molecule has 0 aromatic carbocycles. The number of aromatic nitrogens is 4. The van der Waals surface area contributed by atoms with Gasteiger partial charge in [0.25, 0.3) is 0 Å². The quantitative estimate of drug-likeness (QED) is 0.324.